The highest BCUT2D eigenvalue weighted by Gasteiger charge is 2.23. The number of carbonyl (C=O) groups excluding carboxylic acids is 1. The quantitative estimate of drug-likeness (QED) is 0.482. The van der Waals surface area contributed by atoms with Gasteiger partial charge in [-0.3, -0.25) is 10.2 Å². The molecule has 0 fully saturated rings. The van der Waals surface area contributed by atoms with Crippen molar-refractivity contribution in [1.29, 1.82) is 10.8 Å². The van der Waals surface area contributed by atoms with Gasteiger partial charge in [0.05, 0.1) is 10.3 Å². The van der Waals surface area contributed by atoms with E-state index in [4.69, 9.17) is 28.2 Å². The standard InChI is InChI=1S/C19H18ClN3OS2/c1-10-6-12(2-3-14(10)20)16-8-13(18(26-16)17(22)19(23)24)15(21)7-11-4-5-25-9-11/h2-6,8-10,14,21-22H,7H2,1H3,(H2,23,24). The molecule has 4 nitrogen and oxygen atoms in total. The van der Waals surface area contributed by atoms with Crippen molar-refractivity contribution < 1.29 is 4.79 Å². The lowest BCUT2D eigenvalue weighted by molar-refractivity contribution is -0.112. The third-order valence-corrected chi connectivity index (χ3v) is 6.66. The molecule has 0 saturated heterocycles. The third kappa shape index (κ3) is 3.87. The molecule has 2 aromatic heterocycles. The number of rotatable bonds is 6. The van der Waals surface area contributed by atoms with Crippen LogP contribution < -0.4 is 5.73 Å². The van der Waals surface area contributed by atoms with E-state index in [2.05, 4.69) is 6.08 Å². The average molecular weight is 404 g/mol. The van der Waals surface area contributed by atoms with Crippen LogP contribution >= 0.6 is 34.3 Å². The molecule has 1 amide bonds. The molecule has 26 heavy (non-hydrogen) atoms. The molecule has 7 heteroatoms. The number of amides is 1. The number of allylic oxidation sites excluding steroid dienone is 4. The van der Waals surface area contributed by atoms with E-state index in [-0.39, 0.29) is 17.0 Å². The summed E-state index contributed by atoms with van der Waals surface area (Å²) in [5.74, 6) is -0.600. The number of hydrogen-bond donors (Lipinski definition) is 3. The Balaban J connectivity index is 1.99. The van der Waals surface area contributed by atoms with Gasteiger partial charge in [0.2, 0.25) is 0 Å². The second-order valence-corrected chi connectivity index (χ2v) is 8.50. The van der Waals surface area contributed by atoms with Gasteiger partial charge in [0.25, 0.3) is 5.91 Å². The highest BCUT2D eigenvalue weighted by molar-refractivity contribution is 7.16. The largest absolute Gasteiger partial charge is 0.364 e. The summed E-state index contributed by atoms with van der Waals surface area (Å²) in [5.41, 5.74) is 8.07. The van der Waals surface area contributed by atoms with Gasteiger partial charge in [-0.15, -0.1) is 22.9 Å². The fraction of sp³-hybridized carbons (Fsp3) is 0.211. The Kier molecular flexibility index (Phi) is 5.55. The van der Waals surface area contributed by atoms with Crippen LogP contribution in [0.15, 0.2) is 41.1 Å². The maximum absolute atomic E-state index is 11.6. The van der Waals surface area contributed by atoms with Gasteiger partial charge in [-0.25, -0.2) is 0 Å². The first-order valence-corrected chi connectivity index (χ1v) is 10.2. The van der Waals surface area contributed by atoms with Crippen molar-refractivity contribution in [2.24, 2.45) is 11.7 Å². The zero-order valence-corrected chi connectivity index (χ0v) is 16.5. The van der Waals surface area contributed by atoms with E-state index in [0.717, 1.165) is 16.0 Å². The molecule has 0 spiro atoms. The fourth-order valence-corrected chi connectivity index (χ4v) is 4.67. The number of nitrogens with two attached hydrogens (primary N) is 1. The van der Waals surface area contributed by atoms with E-state index < -0.39 is 5.91 Å². The molecule has 0 radical (unpaired) electrons. The Hall–Kier alpha value is -2.02. The molecule has 0 aromatic carbocycles. The van der Waals surface area contributed by atoms with Crippen LogP contribution in [0, 0.1) is 16.7 Å². The van der Waals surface area contributed by atoms with Gasteiger partial charge in [-0.05, 0) is 39.9 Å². The lowest BCUT2D eigenvalue weighted by Crippen LogP contribution is -2.24. The second-order valence-electron chi connectivity index (χ2n) is 6.16. The van der Waals surface area contributed by atoms with Crippen molar-refractivity contribution in [3.63, 3.8) is 0 Å². The van der Waals surface area contributed by atoms with Crippen molar-refractivity contribution in [2.45, 2.75) is 18.7 Å². The molecule has 134 valence electrons. The lowest BCUT2D eigenvalue weighted by atomic mass is 9.95. The summed E-state index contributed by atoms with van der Waals surface area (Å²) in [4.78, 5) is 12.9. The van der Waals surface area contributed by atoms with Crippen LogP contribution in [-0.2, 0) is 11.2 Å². The Morgan fingerprint density at radius 2 is 2.15 bits per heavy atom. The van der Waals surface area contributed by atoms with Gasteiger partial charge in [0, 0.05) is 22.6 Å². The molecular weight excluding hydrogens is 386 g/mol. The second kappa shape index (κ2) is 7.70. The smallest absolute Gasteiger partial charge is 0.268 e. The Bertz CT molecular complexity index is 925. The molecule has 0 bridgehead atoms. The molecule has 2 atom stereocenters. The highest BCUT2D eigenvalue weighted by Crippen LogP contribution is 2.34. The number of primary amides is 1. The predicted molar refractivity (Wildman–Crippen MR) is 111 cm³/mol. The monoisotopic (exact) mass is 403 g/mol. The molecule has 2 aromatic rings. The average Bonchev–Trinajstić information content (AvgIpc) is 3.26. The highest BCUT2D eigenvalue weighted by atomic mass is 35.5. The van der Waals surface area contributed by atoms with E-state index >= 15 is 0 Å². The molecule has 3 rings (SSSR count). The number of carbonyl (C=O) groups is 1. The number of thiophene rings is 2. The lowest BCUT2D eigenvalue weighted by Gasteiger charge is -2.16. The van der Waals surface area contributed by atoms with Crippen LogP contribution in [0.5, 0.6) is 0 Å². The molecule has 4 N–H and O–H groups in total. The fourth-order valence-electron chi connectivity index (χ4n) is 2.71. The molecule has 0 saturated carbocycles. The summed E-state index contributed by atoms with van der Waals surface area (Å²) in [7, 11) is 0. The zero-order valence-electron chi connectivity index (χ0n) is 14.1. The number of halogens is 1. The predicted octanol–water partition coefficient (Wildman–Crippen LogP) is 4.47. The minimum Gasteiger partial charge on any atom is -0.364 e. The SMILES string of the molecule is CC1C=C(c2cc(C(=N)Cc3ccsc3)c(C(=N)C(N)=O)s2)C=CC1Cl. The topological polar surface area (TPSA) is 90.8 Å². The van der Waals surface area contributed by atoms with E-state index in [1.54, 1.807) is 11.3 Å². The van der Waals surface area contributed by atoms with Gasteiger partial charge < -0.3 is 11.1 Å². The number of nitrogens with one attached hydrogen (secondary N) is 2. The van der Waals surface area contributed by atoms with Gasteiger partial charge >= 0.3 is 0 Å². The van der Waals surface area contributed by atoms with Gasteiger partial charge in [0.15, 0.2) is 0 Å². The summed E-state index contributed by atoms with van der Waals surface area (Å²) in [6, 6.07) is 3.85. The van der Waals surface area contributed by atoms with Crippen LogP contribution in [-0.4, -0.2) is 22.7 Å². The van der Waals surface area contributed by atoms with Crippen molar-refractivity contribution in [2.75, 3.05) is 0 Å². The van der Waals surface area contributed by atoms with E-state index in [0.29, 0.717) is 22.6 Å². The Morgan fingerprint density at radius 1 is 1.38 bits per heavy atom. The summed E-state index contributed by atoms with van der Waals surface area (Å²) in [6.07, 6.45) is 6.42. The van der Waals surface area contributed by atoms with Gasteiger partial charge in [-0.2, -0.15) is 11.3 Å². The van der Waals surface area contributed by atoms with Crippen LogP contribution in [0.1, 0.15) is 27.8 Å². The van der Waals surface area contributed by atoms with E-state index in [1.807, 2.05) is 42.0 Å². The van der Waals surface area contributed by atoms with Gasteiger partial charge in [-0.1, -0.05) is 25.2 Å². The number of alkyl halides is 1. The van der Waals surface area contributed by atoms with Gasteiger partial charge in [0.1, 0.15) is 5.71 Å². The Labute approximate surface area is 165 Å². The molecule has 1 aliphatic carbocycles. The van der Waals surface area contributed by atoms with Crippen molar-refractivity contribution in [1.82, 2.24) is 0 Å². The zero-order chi connectivity index (χ0) is 18.8. The van der Waals surface area contributed by atoms with E-state index in [9.17, 15) is 4.79 Å². The first-order chi connectivity index (χ1) is 12.4. The molecule has 1 aliphatic rings. The van der Waals surface area contributed by atoms with Crippen molar-refractivity contribution in [3.05, 3.63) is 62.0 Å². The minimum atomic E-state index is -0.787. The normalized spacial score (nSPS) is 19.2. The molecular formula is C19H18ClN3OS2. The molecule has 2 heterocycles. The summed E-state index contributed by atoms with van der Waals surface area (Å²) in [6.45, 7) is 2.04. The summed E-state index contributed by atoms with van der Waals surface area (Å²) in [5, 5.41) is 20.5. The first kappa shape index (κ1) is 18.8. The van der Waals surface area contributed by atoms with Crippen LogP contribution in [0.2, 0.25) is 0 Å². The van der Waals surface area contributed by atoms with Crippen LogP contribution in [0.25, 0.3) is 5.57 Å². The maximum atomic E-state index is 11.6. The van der Waals surface area contributed by atoms with Crippen LogP contribution in [0.4, 0.5) is 0 Å². The van der Waals surface area contributed by atoms with E-state index in [1.165, 1.54) is 11.3 Å². The maximum Gasteiger partial charge on any atom is 0.268 e. The first-order valence-electron chi connectivity index (χ1n) is 8.02. The minimum absolute atomic E-state index is 0.0431. The van der Waals surface area contributed by atoms with Crippen molar-refractivity contribution >= 4 is 57.2 Å². The number of hydrogen-bond acceptors (Lipinski definition) is 5. The molecule has 0 aliphatic heterocycles. The third-order valence-electron chi connectivity index (χ3n) is 4.18. The summed E-state index contributed by atoms with van der Waals surface area (Å²) < 4.78 is 0. The summed E-state index contributed by atoms with van der Waals surface area (Å²) >= 11 is 9.12. The van der Waals surface area contributed by atoms with Crippen molar-refractivity contribution in [3.8, 4) is 0 Å². The molecule has 2 unspecified atom stereocenters. The Morgan fingerprint density at radius 3 is 2.77 bits per heavy atom. The van der Waals surface area contributed by atoms with Crippen LogP contribution in [0.3, 0.4) is 0 Å².